The summed E-state index contributed by atoms with van der Waals surface area (Å²) in [6.07, 6.45) is 0.0268. The van der Waals surface area contributed by atoms with Crippen molar-refractivity contribution in [2.75, 3.05) is 33.9 Å². The van der Waals surface area contributed by atoms with Crippen molar-refractivity contribution in [2.24, 2.45) is 0 Å². The Hall–Kier alpha value is -8.35. The number of fused-ring (bicyclic) bond motifs is 6. The molecule has 4 aromatic carbocycles. The summed E-state index contributed by atoms with van der Waals surface area (Å²) in [7, 11) is 0. The molecule has 3 N–H and O–H groups in total. The largest absolute Gasteiger partial charge is 0.399 e. The molecular weight excluding hydrogens is 1300 g/mol. The van der Waals surface area contributed by atoms with Crippen LogP contribution in [0.4, 0.5) is 49.1 Å². The van der Waals surface area contributed by atoms with E-state index >= 15 is 4.39 Å². The molecule has 2 aliphatic heterocycles. The summed E-state index contributed by atoms with van der Waals surface area (Å²) in [5.74, 6) is -6.95. The van der Waals surface area contributed by atoms with Crippen LogP contribution in [0, 0.1) is 48.8 Å². The van der Waals surface area contributed by atoms with Crippen molar-refractivity contribution in [1.29, 1.82) is 0 Å². The Balaban J connectivity index is 0.000000171. The molecule has 0 spiro atoms. The minimum Gasteiger partial charge on any atom is -0.399 e. The molecule has 12 nitrogen and oxygen atoms in total. The Kier molecular flexibility index (Phi) is 19.4. The van der Waals surface area contributed by atoms with Crippen LogP contribution in [0.3, 0.4) is 0 Å². The van der Waals surface area contributed by atoms with E-state index in [1.807, 2.05) is 5.38 Å². The second-order valence-electron chi connectivity index (χ2n) is 20.0. The van der Waals surface area contributed by atoms with Crippen LogP contribution in [0.25, 0.3) is 19.5 Å². The lowest BCUT2D eigenvalue weighted by molar-refractivity contribution is 0.0975. The number of nitrogen functional groups attached to an aromatic ring is 1. The smallest absolute Gasteiger partial charge is 0.261 e. The number of aromatic nitrogens is 2. The van der Waals surface area contributed by atoms with Gasteiger partial charge in [-0.2, -0.15) is 0 Å². The molecule has 10 aromatic rings. The van der Waals surface area contributed by atoms with Gasteiger partial charge in [0.15, 0.2) is 11.6 Å². The summed E-state index contributed by atoms with van der Waals surface area (Å²) in [6, 6.07) is 28.1. The number of benzene rings is 4. The van der Waals surface area contributed by atoms with Crippen LogP contribution in [0.15, 0.2) is 132 Å². The number of hydrogen-bond donors (Lipinski definition) is 2. The normalized spacial score (nSPS) is 12.2. The van der Waals surface area contributed by atoms with Gasteiger partial charge in [0, 0.05) is 59.8 Å². The van der Waals surface area contributed by atoms with E-state index in [-0.39, 0.29) is 80.4 Å². The number of carbonyl (C=O) groups is 6. The fraction of sp³-hybridized carbons (Fsp3) is 0.125. The molecule has 0 bridgehead atoms. The quantitative estimate of drug-likeness (QED) is 0.0420. The van der Waals surface area contributed by atoms with Gasteiger partial charge < -0.3 is 20.9 Å². The van der Waals surface area contributed by atoms with Crippen molar-refractivity contribution < 1.29 is 55.1 Å². The monoisotopic (exact) mass is 1340 g/mol. The average molecular weight is 1340 g/mol. The van der Waals surface area contributed by atoms with E-state index in [0.717, 1.165) is 72.7 Å². The summed E-state index contributed by atoms with van der Waals surface area (Å²) < 4.78 is 86.0. The zero-order chi connectivity index (χ0) is 63.5. The highest BCUT2D eigenvalue weighted by Crippen LogP contribution is 2.47. The van der Waals surface area contributed by atoms with E-state index in [2.05, 4.69) is 15.3 Å². The highest BCUT2D eigenvalue weighted by molar-refractivity contribution is 7.23. The number of Topliss-reactive ketones (excluding diaryl/α,β-unsaturated/α-hetero) is 2. The minimum absolute atomic E-state index is 0.0199. The number of thiophene rings is 4. The predicted molar refractivity (Wildman–Crippen MR) is 338 cm³/mol. The molecule has 0 saturated heterocycles. The van der Waals surface area contributed by atoms with Gasteiger partial charge in [-0.15, -0.1) is 45.3 Å². The van der Waals surface area contributed by atoms with E-state index < -0.39 is 70.1 Å². The summed E-state index contributed by atoms with van der Waals surface area (Å²) in [4.78, 5) is 90.8. The van der Waals surface area contributed by atoms with Crippen LogP contribution in [0.2, 0.25) is 10.3 Å². The van der Waals surface area contributed by atoms with Crippen molar-refractivity contribution in [3.8, 4) is 19.5 Å². The van der Waals surface area contributed by atoms with Crippen LogP contribution in [0.5, 0.6) is 0 Å². The molecular formula is C64H43Cl3F6N6O6S4. The number of aryl methyl sites for hydroxylation is 2. The number of anilines is 4. The second kappa shape index (κ2) is 27.2. The lowest BCUT2D eigenvalue weighted by Gasteiger charge is -2.21. The van der Waals surface area contributed by atoms with Gasteiger partial charge in [-0.1, -0.05) is 35.3 Å². The highest BCUT2D eigenvalue weighted by atomic mass is 35.5. The van der Waals surface area contributed by atoms with Crippen molar-refractivity contribution >= 4 is 137 Å². The fourth-order valence-corrected chi connectivity index (χ4v) is 14.8. The summed E-state index contributed by atoms with van der Waals surface area (Å²) in [5.41, 5.74) is 9.85. The van der Waals surface area contributed by atoms with E-state index in [4.69, 9.17) is 40.5 Å². The Labute approximate surface area is 534 Å². The zero-order valence-electron chi connectivity index (χ0n) is 46.3. The van der Waals surface area contributed by atoms with Gasteiger partial charge in [-0.05, 0) is 169 Å². The SMILES string of the molecule is Cc1ccc(C(=O)Cl)c(Cl)n1.Cc1ccc(C(=O)Nc2ccc(C(=O)N3CCc4cc(C(=O)Cc5c(F)cccc5F)sc4-c4sccc43)c(F)c2)c(Cl)n1.Nc1ccc(C(=O)N2CCc3cc(C(=O)Cc4c(F)cccc4F)sc3-c3sccc32)c(F)c1. The standard InChI is InChI=1S/C32H21ClF3N3O3S2.C25H17F3N2O2S2.C7H5Cl2NO/c1-16-5-7-20(30(33)37-16)31(41)38-18-6-8-19(24(36)14-18)32(42)39-11-9-17-13-27(44-28(17)29-25(39)10-12-43-29)26(40)15-21-22(34)3-2-4-23(21)35;26-17-2-1-3-18(27)16(17)12-21(31)22-10-13-6-8-30(20-7-9-33-24(20)23(13)34-22)25(32)15-5-4-14(29)11-19(15)28;1-4-2-3-5(7(9)11)6(8)10-4/h2-8,10,12-14H,9,11,15H2,1H3,(H,38,41);1-5,7,9-11H,6,8,12,29H2;2-3H,1H3. The molecule has 25 heteroatoms. The lowest BCUT2D eigenvalue weighted by Crippen LogP contribution is -2.32. The molecule has 3 amide bonds. The number of rotatable bonds is 11. The van der Waals surface area contributed by atoms with Crippen molar-refractivity contribution in [3.05, 3.63) is 243 Å². The molecule has 2 aliphatic rings. The molecule has 0 atom stereocenters. The van der Waals surface area contributed by atoms with Gasteiger partial charge in [0.25, 0.3) is 23.0 Å². The van der Waals surface area contributed by atoms with Crippen LogP contribution in [0.1, 0.15) is 94.4 Å². The number of carbonyl (C=O) groups excluding carboxylic acids is 6. The number of ketones is 2. The third-order valence-electron chi connectivity index (χ3n) is 14.1. The average Bonchev–Trinajstić information content (AvgIpc) is 2.36. The van der Waals surface area contributed by atoms with Gasteiger partial charge in [0.1, 0.15) is 45.2 Å². The maximum absolute atomic E-state index is 15.3. The number of amides is 3. The van der Waals surface area contributed by atoms with Gasteiger partial charge in [0.05, 0.1) is 62.9 Å². The molecule has 0 fully saturated rings. The molecule has 0 saturated carbocycles. The van der Waals surface area contributed by atoms with Gasteiger partial charge in [-0.25, -0.2) is 36.3 Å². The molecule has 6 aromatic heterocycles. The van der Waals surface area contributed by atoms with E-state index in [1.165, 1.54) is 97.6 Å². The maximum atomic E-state index is 15.3. The number of pyridine rings is 2. The third kappa shape index (κ3) is 13.9. The molecule has 89 heavy (non-hydrogen) atoms. The van der Waals surface area contributed by atoms with Gasteiger partial charge in [0.2, 0.25) is 0 Å². The molecule has 8 heterocycles. The predicted octanol–water partition coefficient (Wildman–Crippen LogP) is 16.7. The number of halogens is 9. The van der Waals surface area contributed by atoms with Crippen molar-refractivity contribution in [2.45, 2.75) is 39.5 Å². The topological polar surface area (TPSA) is 173 Å². The first-order valence-corrected chi connectivity index (χ1v) is 31.2. The summed E-state index contributed by atoms with van der Waals surface area (Å²) in [5, 5.41) is 5.80. The van der Waals surface area contributed by atoms with Crippen molar-refractivity contribution in [3.63, 3.8) is 0 Å². The van der Waals surface area contributed by atoms with Crippen LogP contribution < -0.4 is 20.9 Å². The first-order chi connectivity index (χ1) is 42.5. The van der Waals surface area contributed by atoms with Crippen molar-refractivity contribution in [1.82, 2.24) is 9.97 Å². The van der Waals surface area contributed by atoms with E-state index in [0.29, 0.717) is 39.7 Å². The summed E-state index contributed by atoms with van der Waals surface area (Å²) >= 11 is 22.1. The highest BCUT2D eigenvalue weighted by Gasteiger charge is 2.33. The number of nitrogens with two attached hydrogens (primary N) is 1. The van der Waals surface area contributed by atoms with Crippen LogP contribution in [-0.2, 0) is 25.7 Å². The third-order valence-corrected chi connectivity index (χ3v) is 19.4. The Morgan fingerprint density at radius 1 is 0.528 bits per heavy atom. The first-order valence-electron chi connectivity index (χ1n) is 26.6. The first kappa shape index (κ1) is 63.7. The molecule has 0 unspecified atom stereocenters. The van der Waals surface area contributed by atoms with Gasteiger partial charge >= 0.3 is 0 Å². The molecule has 452 valence electrons. The summed E-state index contributed by atoms with van der Waals surface area (Å²) in [6.45, 7) is 4.01. The Morgan fingerprint density at radius 3 is 1.38 bits per heavy atom. The van der Waals surface area contributed by atoms with Crippen LogP contribution >= 0.6 is 80.1 Å². The van der Waals surface area contributed by atoms with Crippen LogP contribution in [-0.4, -0.2) is 57.6 Å². The Morgan fingerprint density at radius 2 is 0.955 bits per heavy atom. The van der Waals surface area contributed by atoms with Gasteiger partial charge in [-0.3, -0.25) is 28.8 Å². The molecule has 0 radical (unpaired) electrons. The number of hydrogen-bond acceptors (Lipinski definition) is 13. The van der Waals surface area contributed by atoms with E-state index in [1.54, 1.807) is 61.7 Å². The fourth-order valence-electron chi connectivity index (χ4n) is 9.61. The van der Waals surface area contributed by atoms with E-state index in [9.17, 15) is 50.7 Å². The second-order valence-corrected chi connectivity index (χ2v) is 25.0. The molecule has 0 aliphatic carbocycles. The number of nitrogens with one attached hydrogen (secondary N) is 1. The minimum atomic E-state index is -0.815. The lowest BCUT2D eigenvalue weighted by atomic mass is 10.1. The molecule has 12 rings (SSSR count). The number of nitrogens with zero attached hydrogens (tertiary/aromatic N) is 4. The Bertz CT molecular complexity index is 4450. The zero-order valence-corrected chi connectivity index (χ0v) is 51.8. The maximum Gasteiger partial charge on any atom is 0.261 e.